The number of aromatic nitrogens is 2. The van der Waals surface area contributed by atoms with Crippen LogP contribution in [-0.4, -0.2) is 47.0 Å². The maximum Gasteiger partial charge on any atom is 0.260 e. The van der Waals surface area contributed by atoms with E-state index in [1.165, 1.54) is 12.3 Å². The molecule has 3 rings (SSSR count). The van der Waals surface area contributed by atoms with Gasteiger partial charge in [-0.25, -0.2) is 9.37 Å². The molecule has 0 saturated heterocycles. The van der Waals surface area contributed by atoms with Gasteiger partial charge in [-0.05, 0) is 56.6 Å². The minimum Gasteiger partial charge on any atom is -0.370 e. The number of nitrogens with one attached hydrogen (secondary N) is 2. The fourth-order valence-electron chi connectivity index (χ4n) is 3.61. The van der Waals surface area contributed by atoms with Crippen molar-refractivity contribution in [3.05, 3.63) is 76.0 Å². The van der Waals surface area contributed by atoms with Gasteiger partial charge in [-0.15, -0.1) is 0 Å². The molecule has 0 aliphatic carbocycles. The summed E-state index contributed by atoms with van der Waals surface area (Å²) in [6.07, 6.45) is 2.99. The molecule has 0 unspecified atom stereocenters. The molecule has 0 radical (unpaired) electrons. The van der Waals surface area contributed by atoms with Crippen LogP contribution in [0.3, 0.4) is 0 Å². The predicted molar refractivity (Wildman–Crippen MR) is 139 cm³/mol. The third kappa shape index (κ3) is 7.90. The van der Waals surface area contributed by atoms with Crippen LogP contribution in [0.15, 0.2) is 58.4 Å². The van der Waals surface area contributed by atoms with E-state index in [-0.39, 0.29) is 17.3 Å². The topological polar surface area (TPSA) is 151 Å². The smallest absolute Gasteiger partial charge is 0.260 e. The van der Waals surface area contributed by atoms with Crippen molar-refractivity contribution in [3.8, 4) is 11.1 Å². The molecular weight excluding hydrogens is 447 g/mol. The lowest BCUT2D eigenvalue weighted by molar-refractivity contribution is 0.258. The second kappa shape index (κ2) is 12.6. The van der Waals surface area contributed by atoms with E-state index < -0.39 is 0 Å². The number of rotatable bonds is 12. The lowest BCUT2D eigenvalue weighted by atomic mass is 10.1. The van der Waals surface area contributed by atoms with E-state index in [1.54, 1.807) is 12.1 Å². The van der Waals surface area contributed by atoms with Gasteiger partial charge in [-0.3, -0.25) is 19.7 Å². The van der Waals surface area contributed by atoms with Crippen molar-refractivity contribution in [3.63, 3.8) is 0 Å². The molecule has 0 bridgehead atoms. The lowest BCUT2D eigenvalue weighted by Crippen LogP contribution is -2.28. The first-order valence-corrected chi connectivity index (χ1v) is 11.6. The zero-order chi connectivity index (χ0) is 25.2. The number of aliphatic imine (C=N–C) groups is 1. The number of aryl methyl sites for hydroxylation is 1. The molecule has 10 heteroatoms. The van der Waals surface area contributed by atoms with Crippen LogP contribution < -0.4 is 28.1 Å². The van der Waals surface area contributed by atoms with Gasteiger partial charge in [0.25, 0.3) is 5.56 Å². The van der Waals surface area contributed by atoms with Gasteiger partial charge in [0.1, 0.15) is 5.82 Å². The molecule has 3 aromatic rings. The maximum atomic E-state index is 15.0. The van der Waals surface area contributed by atoms with Gasteiger partial charge in [-0.1, -0.05) is 29.8 Å². The van der Waals surface area contributed by atoms with Crippen molar-refractivity contribution in [2.75, 3.05) is 31.5 Å². The van der Waals surface area contributed by atoms with E-state index in [2.05, 4.69) is 25.2 Å². The lowest BCUT2D eigenvalue weighted by Gasteiger charge is -2.22. The van der Waals surface area contributed by atoms with Gasteiger partial charge in [-0.2, -0.15) is 0 Å². The van der Waals surface area contributed by atoms with Gasteiger partial charge in [0.15, 0.2) is 5.96 Å². The fraction of sp³-hybridized carbons (Fsp3) is 0.320. The number of hydrogen-bond acceptors (Lipinski definition) is 6. The Kier molecular flexibility index (Phi) is 9.33. The van der Waals surface area contributed by atoms with Crippen LogP contribution >= 0.6 is 0 Å². The summed E-state index contributed by atoms with van der Waals surface area (Å²) < 4.78 is 15.0. The number of nitrogens with zero attached hydrogens (tertiary/aromatic N) is 3. The number of benzene rings is 2. The van der Waals surface area contributed by atoms with Gasteiger partial charge in [0.05, 0.1) is 5.56 Å². The van der Waals surface area contributed by atoms with Crippen LogP contribution in [0.4, 0.5) is 16.0 Å². The summed E-state index contributed by atoms with van der Waals surface area (Å²) in [5, 5.41) is 3.06. The fourth-order valence-corrected chi connectivity index (χ4v) is 3.61. The number of H-pyrrole nitrogens is 1. The number of guanidine groups is 1. The Balaban J connectivity index is 1.70. The highest BCUT2D eigenvalue weighted by molar-refractivity contribution is 5.75. The van der Waals surface area contributed by atoms with E-state index in [1.807, 2.05) is 31.2 Å². The Hall–Kier alpha value is -3.76. The summed E-state index contributed by atoms with van der Waals surface area (Å²) in [6.45, 7) is 4.91. The molecule has 35 heavy (non-hydrogen) atoms. The van der Waals surface area contributed by atoms with Crippen LogP contribution in [0.2, 0.25) is 0 Å². The van der Waals surface area contributed by atoms with Crippen LogP contribution in [-0.2, 0) is 6.54 Å². The Morgan fingerprint density at radius 2 is 1.89 bits per heavy atom. The number of nitrogens with two attached hydrogens (primary N) is 3. The molecule has 2 aromatic carbocycles. The Morgan fingerprint density at radius 1 is 1.14 bits per heavy atom. The first-order chi connectivity index (χ1) is 16.9. The summed E-state index contributed by atoms with van der Waals surface area (Å²) >= 11 is 0. The quantitative estimate of drug-likeness (QED) is 0.152. The minimum absolute atomic E-state index is 0.0589. The first kappa shape index (κ1) is 25.9. The molecule has 8 N–H and O–H groups in total. The van der Waals surface area contributed by atoms with Crippen LogP contribution in [0.5, 0.6) is 0 Å². The highest BCUT2D eigenvalue weighted by Gasteiger charge is 2.13. The van der Waals surface area contributed by atoms with Crippen molar-refractivity contribution in [2.24, 2.45) is 22.2 Å². The Bertz CT molecular complexity index is 1190. The largest absolute Gasteiger partial charge is 0.370 e. The highest BCUT2D eigenvalue weighted by atomic mass is 19.1. The van der Waals surface area contributed by atoms with Crippen LogP contribution in [0.1, 0.15) is 24.0 Å². The summed E-state index contributed by atoms with van der Waals surface area (Å²) in [6, 6.07) is 12.5. The number of hydrogen-bond donors (Lipinski definition) is 5. The van der Waals surface area contributed by atoms with E-state index in [4.69, 9.17) is 17.2 Å². The summed E-state index contributed by atoms with van der Waals surface area (Å²) in [7, 11) is 0. The molecule has 0 aliphatic heterocycles. The maximum absolute atomic E-state index is 15.0. The molecule has 0 spiro atoms. The molecular formula is C25H33FN8O. The second-order valence-electron chi connectivity index (χ2n) is 8.35. The van der Waals surface area contributed by atoms with Gasteiger partial charge < -0.3 is 22.5 Å². The van der Waals surface area contributed by atoms with Gasteiger partial charge in [0.2, 0.25) is 5.95 Å². The number of aromatic amines is 1. The van der Waals surface area contributed by atoms with Crippen molar-refractivity contribution in [1.29, 1.82) is 0 Å². The predicted octanol–water partition coefficient (Wildman–Crippen LogP) is 2.44. The molecule has 0 aliphatic rings. The minimum atomic E-state index is -0.384. The Labute approximate surface area is 204 Å². The first-order valence-electron chi connectivity index (χ1n) is 11.6. The highest BCUT2D eigenvalue weighted by Crippen LogP contribution is 2.21. The van der Waals surface area contributed by atoms with Crippen LogP contribution in [0, 0.1) is 12.7 Å². The van der Waals surface area contributed by atoms with Crippen molar-refractivity contribution >= 4 is 17.6 Å². The van der Waals surface area contributed by atoms with Crippen molar-refractivity contribution < 1.29 is 4.39 Å². The third-order valence-corrected chi connectivity index (χ3v) is 5.48. The van der Waals surface area contributed by atoms with Crippen LogP contribution in [0.25, 0.3) is 11.1 Å². The van der Waals surface area contributed by atoms with E-state index in [0.717, 1.165) is 30.6 Å². The summed E-state index contributed by atoms with van der Waals surface area (Å²) in [4.78, 5) is 25.8. The third-order valence-electron chi connectivity index (χ3n) is 5.48. The average molecular weight is 481 g/mol. The molecule has 9 nitrogen and oxygen atoms in total. The zero-order valence-electron chi connectivity index (χ0n) is 19.9. The summed E-state index contributed by atoms with van der Waals surface area (Å²) in [5.41, 5.74) is 19.3. The molecule has 1 heterocycles. The van der Waals surface area contributed by atoms with E-state index in [9.17, 15) is 9.18 Å². The molecule has 1 aromatic heterocycles. The van der Waals surface area contributed by atoms with Gasteiger partial charge >= 0.3 is 0 Å². The van der Waals surface area contributed by atoms with Crippen molar-refractivity contribution in [1.82, 2.24) is 14.9 Å². The monoisotopic (exact) mass is 480 g/mol. The molecule has 0 saturated carbocycles. The second-order valence-corrected chi connectivity index (χ2v) is 8.35. The standard InChI is InChI=1S/C25H33FN8O/c1-17-4-8-20(9-5-17)32-25-31-15-21(23(35)33-25)18-6-7-19(22(26)14-18)16-34(12-2-10-27)13-3-11-30-24(28)29/h4-9,14-15H,2-3,10-13,16,27H2,1H3,(H4,28,29,30)(H2,31,32,33,35). The normalized spacial score (nSPS) is 11.0. The molecule has 186 valence electrons. The number of halogens is 1. The molecule has 0 amide bonds. The zero-order valence-corrected chi connectivity index (χ0v) is 19.9. The Morgan fingerprint density at radius 3 is 2.54 bits per heavy atom. The number of anilines is 2. The van der Waals surface area contributed by atoms with Gasteiger partial charge in [0, 0.05) is 37.1 Å². The SMILES string of the molecule is Cc1ccc(Nc2ncc(-c3ccc(CN(CCCN)CCCN=C(N)N)c(F)c3)c(=O)[nH]2)cc1. The molecule has 0 atom stereocenters. The van der Waals surface area contributed by atoms with E-state index in [0.29, 0.717) is 48.8 Å². The van der Waals surface area contributed by atoms with E-state index >= 15 is 0 Å². The van der Waals surface area contributed by atoms with Crippen molar-refractivity contribution in [2.45, 2.75) is 26.3 Å². The average Bonchev–Trinajstić information content (AvgIpc) is 2.82. The molecule has 0 fully saturated rings. The summed E-state index contributed by atoms with van der Waals surface area (Å²) in [5.74, 6) is -0.00900.